The number of benzene rings is 1. The number of rotatable bonds is 8. The Kier molecular flexibility index (Phi) is 7.13. The van der Waals surface area contributed by atoms with Gasteiger partial charge < -0.3 is 10.1 Å². The normalized spacial score (nSPS) is 18.0. The molecule has 2 aliphatic carbocycles. The molecular weight excluding hydrogens is 376 g/mol. The second-order valence-corrected chi connectivity index (χ2v) is 9.26. The van der Waals surface area contributed by atoms with Crippen molar-refractivity contribution in [3.05, 3.63) is 35.4 Å². The summed E-state index contributed by atoms with van der Waals surface area (Å²) in [6.45, 7) is 0.555. The van der Waals surface area contributed by atoms with E-state index >= 15 is 0 Å². The molecule has 154 valence electrons. The van der Waals surface area contributed by atoms with Gasteiger partial charge in [0.05, 0.1) is 7.11 Å². The number of methoxy groups -OCH3 is 1. The Hall–Kier alpha value is -1.86. The predicted octanol–water partition coefficient (Wildman–Crippen LogP) is 3.54. The van der Waals surface area contributed by atoms with Gasteiger partial charge in [0, 0.05) is 18.2 Å². The van der Waals surface area contributed by atoms with Crippen molar-refractivity contribution < 1.29 is 17.9 Å². The van der Waals surface area contributed by atoms with E-state index in [-0.39, 0.29) is 22.6 Å². The van der Waals surface area contributed by atoms with Gasteiger partial charge in [-0.15, -0.1) is 0 Å². The topological polar surface area (TPSA) is 84.5 Å². The average molecular weight is 407 g/mol. The van der Waals surface area contributed by atoms with Crippen LogP contribution in [-0.4, -0.2) is 34.0 Å². The fourth-order valence-corrected chi connectivity index (χ4v) is 5.42. The van der Waals surface area contributed by atoms with Crippen LogP contribution in [0.1, 0.15) is 68.1 Å². The molecular formula is C21H30N2O4S. The van der Waals surface area contributed by atoms with Crippen molar-refractivity contribution in [2.45, 2.75) is 68.7 Å². The van der Waals surface area contributed by atoms with E-state index in [1.54, 1.807) is 12.1 Å². The minimum absolute atomic E-state index is 0.0181. The summed E-state index contributed by atoms with van der Waals surface area (Å²) in [5.74, 6) is -0.0224. The van der Waals surface area contributed by atoms with Gasteiger partial charge in [-0.1, -0.05) is 24.5 Å². The van der Waals surface area contributed by atoms with Crippen molar-refractivity contribution in [1.82, 2.24) is 10.0 Å². The molecule has 28 heavy (non-hydrogen) atoms. The van der Waals surface area contributed by atoms with Crippen molar-refractivity contribution in [2.75, 3.05) is 13.7 Å². The van der Waals surface area contributed by atoms with Crippen molar-refractivity contribution in [2.24, 2.45) is 0 Å². The van der Waals surface area contributed by atoms with Crippen molar-refractivity contribution in [3.8, 4) is 5.75 Å². The highest BCUT2D eigenvalue weighted by molar-refractivity contribution is 7.89. The van der Waals surface area contributed by atoms with E-state index in [9.17, 15) is 13.2 Å². The summed E-state index contributed by atoms with van der Waals surface area (Å²) in [5, 5.41) is 2.90. The van der Waals surface area contributed by atoms with Crippen molar-refractivity contribution >= 4 is 15.9 Å². The molecule has 1 aromatic rings. The summed E-state index contributed by atoms with van der Waals surface area (Å²) in [6, 6.07) is 4.51. The maximum Gasteiger partial charge on any atom is 0.251 e. The molecule has 0 unspecified atom stereocenters. The third kappa shape index (κ3) is 5.35. The SMILES string of the molecule is COc1ccc(C(=O)NCCC2=CCCCC2)cc1S(=O)(=O)NC1CCCC1. The van der Waals surface area contributed by atoms with Gasteiger partial charge in [-0.25, -0.2) is 13.1 Å². The maximum atomic E-state index is 12.8. The van der Waals surface area contributed by atoms with Crippen LogP contribution in [0.25, 0.3) is 0 Å². The minimum Gasteiger partial charge on any atom is -0.495 e. The summed E-state index contributed by atoms with van der Waals surface area (Å²) in [5.41, 5.74) is 1.72. The number of carbonyl (C=O) groups is 1. The van der Waals surface area contributed by atoms with E-state index in [2.05, 4.69) is 16.1 Å². The van der Waals surface area contributed by atoms with Crippen molar-refractivity contribution in [1.29, 1.82) is 0 Å². The second-order valence-electron chi connectivity index (χ2n) is 7.58. The zero-order chi connectivity index (χ0) is 20.0. The summed E-state index contributed by atoms with van der Waals surface area (Å²) >= 11 is 0. The van der Waals surface area contributed by atoms with Gasteiger partial charge in [0.1, 0.15) is 10.6 Å². The Labute approximate surface area is 167 Å². The van der Waals surface area contributed by atoms with Crippen LogP contribution >= 0.6 is 0 Å². The monoisotopic (exact) mass is 406 g/mol. The van der Waals surface area contributed by atoms with E-state index in [0.29, 0.717) is 12.1 Å². The summed E-state index contributed by atoms with van der Waals surface area (Å²) in [7, 11) is -2.31. The molecule has 2 N–H and O–H groups in total. The fraction of sp³-hybridized carbons (Fsp3) is 0.571. The third-order valence-electron chi connectivity index (χ3n) is 5.51. The standard InChI is InChI=1S/C21H30N2O4S/c1-27-19-12-11-17(21(24)22-14-13-16-7-3-2-4-8-16)15-20(19)28(25,26)23-18-9-5-6-10-18/h7,11-12,15,18,23H,2-6,8-10,13-14H2,1H3,(H,22,24). The third-order valence-corrected chi connectivity index (χ3v) is 7.05. The van der Waals surface area contributed by atoms with Gasteiger partial charge in [0.25, 0.3) is 5.91 Å². The summed E-state index contributed by atoms with van der Waals surface area (Å²) in [6.07, 6.45) is 11.5. The minimum atomic E-state index is -3.74. The van der Waals surface area contributed by atoms with Crippen LogP contribution in [0.2, 0.25) is 0 Å². The Balaban J connectivity index is 1.68. The molecule has 0 atom stereocenters. The smallest absolute Gasteiger partial charge is 0.251 e. The van der Waals surface area contributed by atoms with Gasteiger partial charge >= 0.3 is 0 Å². The quantitative estimate of drug-likeness (QED) is 0.647. The number of amides is 1. The number of ether oxygens (including phenoxy) is 1. The van der Waals surface area contributed by atoms with E-state index in [4.69, 9.17) is 4.74 Å². The molecule has 2 aliphatic rings. The molecule has 1 fully saturated rings. The lowest BCUT2D eigenvalue weighted by Gasteiger charge is -2.16. The van der Waals surface area contributed by atoms with E-state index in [0.717, 1.165) is 44.9 Å². The molecule has 6 nitrogen and oxygen atoms in total. The number of hydrogen-bond donors (Lipinski definition) is 2. The summed E-state index contributed by atoms with van der Waals surface area (Å²) < 4.78 is 33.7. The lowest BCUT2D eigenvalue weighted by atomic mass is 9.97. The number of hydrogen-bond acceptors (Lipinski definition) is 4. The van der Waals surface area contributed by atoms with Gasteiger partial charge in [0.2, 0.25) is 10.0 Å². The van der Waals surface area contributed by atoms with Crippen LogP contribution in [0.5, 0.6) is 5.75 Å². The second kappa shape index (κ2) is 9.56. The fourth-order valence-electron chi connectivity index (χ4n) is 3.92. The molecule has 3 rings (SSSR count). The first kappa shape index (κ1) is 20.9. The van der Waals surface area contributed by atoms with Gasteiger partial charge in [0.15, 0.2) is 0 Å². The lowest BCUT2D eigenvalue weighted by molar-refractivity contribution is 0.0953. The maximum absolute atomic E-state index is 12.8. The molecule has 0 spiro atoms. The molecule has 0 aromatic heterocycles. The molecule has 7 heteroatoms. The zero-order valence-corrected chi connectivity index (χ0v) is 17.3. The average Bonchev–Trinajstić information content (AvgIpc) is 3.20. The first-order chi connectivity index (χ1) is 13.5. The van der Waals surface area contributed by atoms with Crippen LogP contribution in [-0.2, 0) is 10.0 Å². The van der Waals surface area contributed by atoms with E-state index in [1.165, 1.54) is 31.6 Å². The first-order valence-electron chi connectivity index (χ1n) is 10.2. The molecule has 1 aromatic carbocycles. The number of carbonyl (C=O) groups excluding carboxylic acids is 1. The molecule has 0 heterocycles. The number of nitrogens with one attached hydrogen (secondary N) is 2. The van der Waals surface area contributed by atoms with Crippen LogP contribution < -0.4 is 14.8 Å². The molecule has 0 bridgehead atoms. The van der Waals surface area contributed by atoms with Gasteiger partial charge in [-0.3, -0.25) is 4.79 Å². The largest absolute Gasteiger partial charge is 0.495 e. The highest BCUT2D eigenvalue weighted by Gasteiger charge is 2.26. The molecule has 1 amide bonds. The Morgan fingerprint density at radius 1 is 1.18 bits per heavy atom. The molecule has 1 saturated carbocycles. The molecule has 0 aliphatic heterocycles. The Bertz CT molecular complexity index is 827. The van der Waals surface area contributed by atoms with Crippen molar-refractivity contribution in [3.63, 3.8) is 0 Å². The number of allylic oxidation sites excluding steroid dienone is 1. The highest BCUT2D eigenvalue weighted by atomic mass is 32.2. The summed E-state index contributed by atoms with van der Waals surface area (Å²) in [4.78, 5) is 12.5. The van der Waals surface area contributed by atoms with Crippen LogP contribution in [0.4, 0.5) is 0 Å². The van der Waals surface area contributed by atoms with Gasteiger partial charge in [-0.2, -0.15) is 0 Å². The van der Waals surface area contributed by atoms with E-state index < -0.39 is 10.0 Å². The Morgan fingerprint density at radius 3 is 2.64 bits per heavy atom. The predicted molar refractivity (Wildman–Crippen MR) is 109 cm³/mol. The van der Waals surface area contributed by atoms with Crippen LogP contribution in [0.15, 0.2) is 34.7 Å². The first-order valence-corrected chi connectivity index (χ1v) is 11.6. The number of sulfonamides is 1. The molecule has 0 radical (unpaired) electrons. The van der Waals surface area contributed by atoms with Crippen LogP contribution in [0, 0.1) is 0 Å². The van der Waals surface area contributed by atoms with Crippen LogP contribution in [0.3, 0.4) is 0 Å². The highest BCUT2D eigenvalue weighted by Crippen LogP contribution is 2.27. The zero-order valence-electron chi connectivity index (χ0n) is 16.5. The lowest BCUT2D eigenvalue weighted by Crippen LogP contribution is -2.33. The Morgan fingerprint density at radius 2 is 1.96 bits per heavy atom. The van der Waals surface area contributed by atoms with Gasteiger partial charge in [-0.05, 0) is 63.1 Å². The molecule has 0 saturated heterocycles. The van der Waals surface area contributed by atoms with E-state index in [1.807, 2.05) is 0 Å².